The number of anilines is 2. The van der Waals surface area contributed by atoms with Crippen molar-refractivity contribution in [2.45, 2.75) is 6.92 Å². The van der Waals surface area contributed by atoms with Crippen LogP contribution in [0.2, 0.25) is 0 Å². The molecule has 96 valence electrons. The molecular formula is C12H11N5O2. The average Bonchev–Trinajstić information content (AvgIpc) is 2.40. The quantitative estimate of drug-likeness (QED) is 0.633. The van der Waals surface area contributed by atoms with Gasteiger partial charge < -0.3 is 4.74 Å². The van der Waals surface area contributed by atoms with E-state index < -0.39 is 6.09 Å². The van der Waals surface area contributed by atoms with Crippen molar-refractivity contribution in [1.29, 1.82) is 10.5 Å². The molecule has 0 fully saturated rings. The topological polar surface area (TPSA) is 110 Å². The number of rotatable bonds is 4. The predicted molar refractivity (Wildman–Crippen MR) is 69.4 cm³/mol. The van der Waals surface area contributed by atoms with Crippen LogP contribution in [-0.4, -0.2) is 18.4 Å². The van der Waals surface area contributed by atoms with E-state index in [9.17, 15) is 4.79 Å². The Morgan fingerprint density at radius 2 is 2.05 bits per heavy atom. The number of hydrogen-bond acceptors (Lipinski definition) is 6. The van der Waals surface area contributed by atoms with E-state index in [1.54, 1.807) is 43.3 Å². The zero-order valence-corrected chi connectivity index (χ0v) is 10.2. The molecule has 7 heteroatoms. The van der Waals surface area contributed by atoms with Gasteiger partial charge in [0.15, 0.2) is 0 Å². The predicted octanol–water partition coefficient (Wildman–Crippen LogP) is 2.07. The first-order valence-electron chi connectivity index (χ1n) is 5.37. The zero-order valence-electron chi connectivity index (χ0n) is 10.2. The number of carbonyl (C=O) groups is 1. The third-order valence-electron chi connectivity index (χ3n) is 1.89. The standard InChI is InChI=1S/C12H11N5O2/c1-2-19-12(18)15-9-4-3-5-10(6-9)16-17-11(7-13)8-14/h3-6,16H,2H2,1H3,(H,15,18). The van der Waals surface area contributed by atoms with Crippen molar-refractivity contribution in [1.82, 2.24) is 0 Å². The Labute approximate surface area is 110 Å². The minimum atomic E-state index is -0.558. The number of hydrogen-bond donors (Lipinski definition) is 2. The number of hydrazone groups is 1. The molecule has 0 unspecified atom stereocenters. The maximum absolute atomic E-state index is 11.2. The van der Waals surface area contributed by atoms with E-state index in [1.807, 2.05) is 0 Å². The highest BCUT2D eigenvalue weighted by atomic mass is 16.5. The van der Waals surface area contributed by atoms with Crippen LogP contribution in [0.5, 0.6) is 0 Å². The van der Waals surface area contributed by atoms with Gasteiger partial charge in [-0.1, -0.05) is 6.07 Å². The van der Waals surface area contributed by atoms with E-state index in [1.165, 1.54) is 0 Å². The van der Waals surface area contributed by atoms with Crippen LogP contribution in [-0.2, 0) is 4.74 Å². The molecule has 0 spiro atoms. The Balaban J connectivity index is 2.73. The molecule has 7 nitrogen and oxygen atoms in total. The molecule has 0 aliphatic rings. The number of nitrogens with one attached hydrogen (secondary N) is 2. The summed E-state index contributed by atoms with van der Waals surface area (Å²) in [5.41, 5.74) is 3.29. The lowest BCUT2D eigenvalue weighted by molar-refractivity contribution is 0.168. The van der Waals surface area contributed by atoms with Crippen molar-refractivity contribution in [3.8, 4) is 12.1 Å². The molecule has 0 aromatic heterocycles. The monoisotopic (exact) mass is 257 g/mol. The van der Waals surface area contributed by atoms with Crippen LogP contribution < -0.4 is 10.7 Å². The van der Waals surface area contributed by atoms with Gasteiger partial charge in [-0.3, -0.25) is 10.7 Å². The lowest BCUT2D eigenvalue weighted by atomic mass is 10.3. The van der Waals surface area contributed by atoms with Crippen molar-refractivity contribution in [2.75, 3.05) is 17.3 Å². The minimum absolute atomic E-state index is 0.280. The average molecular weight is 257 g/mol. The number of benzene rings is 1. The molecule has 1 rings (SSSR count). The molecule has 0 atom stereocenters. The summed E-state index contributed by atoms with van der Waals surface area (Å²) >= 11 is 0. The van der Waals surface area contributed by atoms with Gasteiger partial charge in [0.1, 0.15) is 12.1 Å². The largest absolute Gasteiger partial charge is 0.450 e. The van der Waals surface area contributed by atoms with Gasteiger partial charge in [0, 0.05) is 5.69 Å². The first-order chi connectivity index (χ1) is 9.19. The molecule has 0 saturated heterocycles. The fourth-order valence-corrected chi connectivity index (χ4v) is 1.15. The smallest absolute Gasteiger partial charge is 0.411 e. The van der Waals surface area contributed by atoms with E-state index in [0.717, 1.165) is 0 Å². The highest BCUT2D eigenvalue weighted by Crippen LogP contribution is 2.15. The second-order valence-electron chi connectivity index (χ2n) is 3.22. The summed E-state index contributed by atoms with van der Waals surface area (Å²) in [4.78, 5) is 11.2. The molecule has 1 amide bonds. The van der Waals surface area contributed by atoms with Crippen LogP contribution in [0.25, 0.3) is 0 Å². The number of amides is 1. The lowest BCUT2D eigenvalue weighted by Crippen LogP contribution is -2.13. The molecule has 0 heterocycles. The van der Waals surface area contributed by atoms with Crippen molar-refractivity contribution >= 4 is 23.2 Å². The molecule has 0 radical (unpaired) electrons. The fourth-order valence-electron chi connectivity index (χ4n) is 1.15. The van der Waals surface area contributed by atoms with Crippen LogP contribution in [0, 0.1) is 22.7 Å². The molecule has 0 aliphatic heterocycles. The van der Waals surface area contributed by atoms with Crippen LogP contribution in [0.1, 0.15) is 6.92 Å². The number of nitriles is 2. The van der Waals surface area contributed by atoms with Gasteiger partial charge in [-0.2, -0.15) is 15.6 Å². The van der Waals surface area contributed by atoms with E-state index >= 15 is 0 Å². The Morgan fingerprint density at radius 3 is 2.68 bits per heavy atom. The van der Waals surface area contributed by atoms with Gasteiger partial charge in [0.2, 0.25) is 5.71 Å². The van der Waals surface area contributed by atoms with Crippen molar-refractivity contribution < 1.29 is 9.53 Å². The van der Waals surface area contributed by atoms with Gasteiger partial charge in [0.25, 0.3) is 0 Å². The van der Waals surface area contributed by atoms with Gasteiger partial charge in [-0.05, 0) is 25.1 Å². The summed E-state index contributed by atoms with van der Waals surface area (Å²) in [5.74, 6) is 0. The summed E-state index contributed by atoms with van der Waals surface area (Å²) in [6.45, 7) is 1.99. The lowest BCUT2D eigenvalue weighted by Gasteiger charge is -2.06. The first kappa shape index (κ1) is 14.0. The van der Waals surface area contributed by atoms with Gasteiger partial charge in [-0.15, -0.1) is 0 Å². The van der Waals surface area contributed by atoms with Gasteiger partial charge in [-0.25, -0.2) is 4.79 Å². The van der Waals surface area contributed by atoms with Crippen molar-refractivity contribution in [3.05, 3.63) is 24.3 Å². The maximum atomic E-state index is 11.2. The second kappa shape index (κ2) is 7.30. The van der Waals surface area contributed by atoms with E-state index in [2.05, 4.69) is 15.8 Å². The van der Waals surface area contributed by atoms with Gasteiger partial charge >= 0.3 is 6.09 Å². The van der Waals surface area contributed by atoms with E-state index in [4.69, 9.17) is 15.3 Å². The maximum Gasteiger partial charge on any atom is 0.411 e. The third kappa shape index (κ3) is 4.75. The highest BCUT2D eigenvalue weighted by molar-refractivity contribution is 6.10. The zero-order chi connectivity index (χ0) is 14.1. The number of nitrogens with zero attached hydrogens (tertiary/aromatic N) is 3. The van der Waals surface area contributed by atoms with Crippen LogP contribution in [0.15, 0.2) is 29.4 Å². The normalized spacial score (nSPS) is 8.58. The van der Waals surface area contributed by atoms with Crippen LogP contribution in [0.3, 0.4) is 0 Å². The molecule has 1 aromatic rings. The molecule has 0 aliphatic carbocycles. The van der Waals surface area contributed by atoms with Crippen molar-refractivity contribution in [2.24, 2.45) is 5.10 Å². The molecular weight excluding hydrogens is 246 g/mol. The Hall–Kier alpha value is -3.06. The molecule has 2 N–H and O–H groups in total. The third-order valence-corrected chi connectivity index (χ3v) is 1.89. The fraction of sp³-hybridized carbons (Fsp3) is 0.167. The van der Waals surface area contributed by atoms with Crippen molar-refractivity contribution in [3.63, 3.8) is 0 Å². The van der Waals surface area contributed by atoms with Crippen LogP contribution in [0.4, 0.5) is 16.2 Å². The Bertz CT molecular complexity index is 552. The summed E-state index contributed by atoms with van der Waals surface area (Å²) in [6.07, 6.45) is -0.558. The Kier molecular flexibility index (Phi) is 5.38. The summed E-state index contributed by atoms with van der Waals surface area (Å²) in [5, 5.41) is 23.1. The molecule has 0 bridgehead atoms. The summed E-state index contributed by atoms with van der Waals surface area (Å²) < 4.78 is 4.73. The minimum Gasteiger partial charge on any atom is -0.450 e. The molecule has 0 saturated carbocycles. The van der Waals surface area contributed by atoms with Gasteiger partial charge in [0.05, 0.1) is 12.3 Å². The summed E-state index contributed by atoms with van der Waals surface area (Å²) in [7, 11) is 0. The Morgan fingerprint density at radius 1 is 1.37 bits per heavy atom. The highest BCUT2D eigenvalue weighted by Gasteiger charge is 2.02. The van der Waals surface area contributed by atoms with E-state index in [0.29, 0.717) is 11.4 Å². The molecule has 19 heavy (non-hydrogen) atoms. The first-order valence-corrected chi connectivity index (χ1v) is 5.37. The van der Waals surface area contributed by atoms with E-state index in [-0.39, 0.29) is 12.3 Å². The second-order valence-corrected chi connectivity index (χ2v) is 3.22. The summed E-state index contributed by atoms with van der Waals surface area (Å²) in [6, 6.07) is 9.85. The van der Waals surface area contributed by atoms with Crippen LogP contribution >= 0.6 is 0 Å². The number of carbonyl (C=O) groups excluding carboxylic acids is 1. The number of ether oxygens (including phenoxy) is 1. The SMILES string of the molecule is CCOC(=O)Nc1cccc(NN=C(C#N)C#N)c1. The molecule has 1 aromatic carbocycles.